The number of pyridine rings is 1. The monoisotopic (exact) mass is 529 g/mol. The predicted molar refractivity (Wildman–Crippen MR) is 128 cm³/mol. The van der Waals surface area contributed by atoms with Crippen LogP contribution in [0.5, 0.6) is 5.75 Å². The minimum absolute atomic E-state index is 0.0140. The Morgan fingerprint density at radius 3 is 2.37 bits per heavy atom. The highest BCUT2D eigenvalue weighted by atomic mass is 19.1. The van der Waals surface area contributed by atoms with Crippen LogP contribution in [0.2, 0.25) is 0 Å². The summed E-state index contributed by atoms with van der Waals surface area (Å²) in [4.78, 5) is 53.5. The Labute approximate surface area is 214 Å². The van der Waals surface area contributed by atoms with Crippen LogP contribution >= 0.6 is 0 Å². The van der Waals surface area contributed by atoms with Gasteiger partial charge in [-0.15, -0.1) is 0 Å². The first-order valence-electron chi connectivity index (χ1n) is 11.4. The molecule has 0 fully saturated rings. The SMILES string of the molecule is COCCN1CN(C(=O)c2ccc(F)cc2)n2cc(C(=O)CCc3ccc(F)cc3F)c(=O)c(O)c2C1=O. The quantitative estimate of drug-likeness (QED) is 0.450. The van der Waals surface area contributed by atoms with Crippen LogP contribution in [0, 0.1) is 17.5 Å². The van der Waals surface area contributed by atoms with Crippen LogP contribution in [-0.2, 0) is 11.2 Å². The Hall–Kier alpha value is -4.45. The molecule has 12 heteroatoms. The second kappa shape index (κ2) is 10.9. The van der Waals surface area contributed by atoms with Crippen molar-refractivity contribution in [1.82, 2.24) is 9.58 Å². The summed E-state index contributed by atoms with van der Waals surface area (Å²) < 4.78 is 46.5. The smallest absolute Gasteiger partial charge is 0.278 e. The van der Waals surface area contributed by atoms with E-state index in [0.717, 1.165) is 39.0 Å². The van der Waals surface area contributed by atoms with Crippen molar-refractivity contribution >= 4 is 17.6 Å². The van der Waals surface area contributed by atoms with Gasteiger partial charge in [-0.1, -0.05) is 6.07 Å². The van der Waals surface area contributed by atoms with Crippen molar-refractivity contribution in [3.05, 3.63) is 98.7 Å². The molecule has 38 heavy (non-hydrogen) atoms. The Kier molecular flexibility index (Phi) is 7.62. The highest BCUT2D eigenvalue weighted by molar-refractivity contribution is 6.06. The van der Waals surface area contributed by atoms with Gasteiger partial charge in [-0.05, 0) is 42.3 Å². The molecule has 0 aliphatic carbocycles. The third kappa shape index (κ3) is 5.16. The molecule has 0 atom stereocenters. The summed E-state index contributed by atoms with van der Waals surface area (Å²) >= 11 is 0. The number of aromatic nitrogens is 1. The Bertz CT molecular complexity index is 1470. The summed E-state index contributed by atoms with van der Waals surface area (Å²) in [6.07, 6.45) is 0.416. The summed E-state index contributed by atoms with van der Waals surface area (Å²) in [7, 11) is 1.40. The number of fused-ring (bicyclic) bond motifs is 1. The number of Topliss-reactive ketones (excluding diaryl/α,β-unsaturated/α-hetero) is 1. The lowest BCUT2D eigenvalue weighted by atomic mass is 10.0. The second-order valence-corrected chi connectivity index (χ2v) is 8.49. The average molecular weight is 529 g/mol. The van der Waals surface area contributed by atoms with E-state index in [1.165, 1.54) is 25.3 Å². The first-order valence-corrected chi connectivity index (χ1v) is 11.4. The molecule has 2 amide bonds. The number of ether oxygens (including phenoxy) is 1. The molecule has 0 saturated heterocycles. The maximum absolute atomic E-state index is 14.0. The molecule has 3 aromatic rings. The lowest BCUT2D eigenvalue weighted by molar-refractivity contribution is 0.0603. The maximum Gasteiger partial charge on any atom is 0.278 e. The van der Waals surface area contributed by atoms with Crippen LogP contribution in [0.3, 0.4) is 0 Å². The minimum atomic E-state index is -1.14. The summed E-state index contributed by atoms with van der Waals surface area (Å²) in [5.74, 6) is -5.57. The van der Waals surface area contributed by atoms with Crippen molar-refractivity contribution in [2.45, 2.75) is 12.8 Å². The summed E-state index contributed by atoms with van der Waals surface area (Å²) in [5, 5.41) is 11.7. The van der Waals surface area contributed by atoms with Crippen molar-refractivity contribution in [1.29, 1.82) is 0 Å². The normalized spacial score (nSPS) is 13.0. The lowest BCUT2D eigenvalue weighted by Crippen LogP contribution is -2.57. The number of rotatable bonds is 8. The van der Waals surface area contributed by atoms with Crippen LogP contribution in [0.25, 0.3) is 0 Å². The molecule has 198 valence electrons. The van der Waals surface area contributed by atoms with Gasteiger partial charge in [0.25, 0.3) is 11.8 Å². The fourth-order valence-electron chi connectivity index (χ4n) is 4.01. The Morgan fingerprint density at radius 1 is 1.03 bits per heavy atom. The molecule has 1 N–H and O–H groups in total. The van der Waals surface area contributed by atoms with Gasteiger partial charge in [0.2, 0.25) is 5.43 Å². The molecule has 0 bridgehead atoms. The van der Waals surface area contributed by atoms with Gasteiger partial charge < -0.3 is 14.7 Å². The molecule has 2 heterocycles. The molecule has 0 unspecified atom stereocenters. The van der Waals surface area contributed by atoms with Gasteiger partial charge in [0.15, 0.2) is 17.2 Å². The standard InChI is InChI=1S/C26H22F3N3O6/c1-38-11-10-30-14-32(25(36)16-3-6-17(27)7-4-16)31-13-19(23(34)24(35)22(31)26(30)37)21(33)9-5-15-2-8-18(28)12-20(15)29/h2-4,6-8,12-13,35H,5,9-11,14H2,1H3. The van der Waals surface area contributed by atoms with Crippen LogP contribution in [0.15, 0.2) is 53.5 Å². The van der Waals surface area contributed by atoms with Crippen molar-refractivity contribution in [3.63, 3.8) is 0 Å². The van der Waals surface area contributed by atoms with E-state index < -0.39 is 57.5 Å². The number of amides is 2. The van der Waals surface area contributed by atoms with Crippen molar-refractivity contribution in [2.75, 3.05) is 31.9 Å². The van der Waals surface area contributed by atoms with E-state index in [4.69, 9.17) is 4.74 Å². The highest BCUT2D eigenvalue weighted by Crippen LogP contribution is 2.23. The average Bonchev–Trinajstić information content (AvgIpc) is 2.89. The molecular weight excluding hydrogens is 507 g/mol. The molecule has 4 rings (SSSR count). The third-order valence-electron chi connectivity index (χ3n) is 6.05. The van der Waals surface area contributed by atoms with E-state index in [1.54, 1.807) is 0 Å². The van der Waals surface area contributed by atoms with Crippen LogP contribution in [-0.4, -0.2) is 59.2 Å². The highest BCUT2D eigenvalue weighted by Gasteiger charge is 2.37. The van der Waals surface area contributed by atoms with Gasteiger partial charge in [0.05, 0.1) is 12.2 Å². The Morgan fingerprint density at radius 2 is 1.71 bits per heavy atom. The van der Waals surface area contributed by atoms with E-state index >= 15 is 0 Å². The van der Waals surface area contributed by atoms with Crippen molar-refractivity contribution in [3.8, 4) is 5.75 Å². The molecule has 1 aliphatic heterocycles. The maximum atomic E-state index is 14.0. The molecular formula is C26H22F3N3O6. The lowest BCUT2D eigenvalue weighted by Gasteiger charge is -2.38. The topological polar surface area (TPSA) is 109 Å². The number of carbonyl (C=O) groups excluding carboxylic acids is 3. The van der Waals surface area contributed by atoms with Gasteiger partial charge in [-0.3, -0.25) is 19.2 Å². The molecule has 0 saturated carbocycles. The van der Waals surface area contributed by atoms with E-state index in [2.05, 4.69) is 0 Å². The Balaban J connectivity index is 1.74. The third-order valence-corrected chi connectivity index (χ3v) is 6.05. The number of carbonyl (C=O) groups is 3. The number of nitrogens with zero attached hydrogens (tertiary/aromatic N) is 3. The molecule has 9 nitrogen and oxygen atoms in total. The predicted octanol–water partition coefficient (Wildman–Crippen LogP) is 2.62. The number of halogens is 3. The van der Waals surface area contributed by atoms with E-state index in [0.29, 0.717) is 6.07 Å². The number of methoxy groups -OCH3 is 1. The van der Waals surface area contributed by atoms with Crippen LogP contribution in [0.4, 0.5) is 13.2 Å². The number of benzene rings is 2. The van der Waals surface area contributed by atoms with E-state index in [9.17, 15) is 37.5 Å². The number of aromatic hydroxyl groups is 1. The minimum Gasteiger partial charge on any atom is -0.502 e. The van der Waals surface area contributed by atoms with Gasteiger partial charge >= 0.3 is 0 Å². The first kappa shape index (κ1) is 26.6. The summed E-state index contributed by atoms with van der Waals surface area (Å²) in [6.45, 7) is -0.228. The summed E-state index contributed by atoms with van der Waals surface area (Å²) in [6, 6.07) is 7.45. The van der Waals surface area contributed by atoms with E-state index in [1.807, 2.05) is 0 Å². The number of hydrogen-bond acceptors (Lipinski definition) is 6. The van der Waals surface area contributed by atoms with Gasteiger partial charge in [-0.25, -0.2) is 22.9 Å². The number of aryl methyl sites for hydroxylation is 1. The fourth-order valence-corrected chi connectivity index (χ4v) is 4.01. The molecule has 1 aromatic heterocycles. The zero-order chi connectivity index (χ0) is 27.6. The molecule has 0 radical (unpaired) electrons. The largest absolute Gasteiger partial charge is 0.502 e. The van der Waals surface area contributed by atoms with Gasteiger partial charge in [0.1, 0.15) is 24.1 Å². The second-order valence-electron chi connectivity index (χ2n) is 8.49. The summed E-state index contributed by atoms with van der Waals surface area (Å²) in [5.41, 5.74) is -2.15. The van der Waals surface area contributed by atoms with E-state index in [-0.39, 0.29) is 43.8 Å². The molecule has 1 aliphatic rings. The van der Waals surface area contributed by atoms with Gasteiger partial charge in [0, 0.05) is 37.9 Å². The van der Waals surface area contributed by atoms with Gasteiger partial charge in [-0.2, -0.15) is 0 Å². The van der Waals surface area contributed by atoms with Crippen molar-refractivity contribution in [2.24, 2.45) is 0 Å². The van der Waals surface area contributed by atoms with Crippen LogP contribution < -0.4 is 10.4 Å². The van der Waals surface area contributed by atoms with Crippen molar-refractivity contribution < 1.29 is 37.4 Å². The number of ketones is 1. The first-order chi connectivity index (χ1) is 18.1. The molecule has 2 aromatic carbocycles. The molecule has 0 spiro atoms. The fraction of sp³-hybridized carbons (Fsp3) is 0.231. The van der Waals surface area contributed by atoms with Crippen LogP contribution in [0.1, 0.15) is 43.2 Å². The number of hydrogen-bond donors (Lipinski definition) is 1. The zero-order valence-corrected chi connectivity index (χ0v) is 20.1. The zero-order valence-electron chi connectivity index (χ0n) is 20.1.